The molecule has 0 spiro atoms. The number of aromatic amines is 1. The molecule has 0 amide bonds. The van der Waals surface area contributed by atoms with Gasteiger partial charge in [-0.25, -0.2) is 0 Å². The molecule has 0 saturated heterocycles. The maximum atomic E-state index is 10.8. The van der Waals surface area contributed by atoms with Crippen LogP contribution < -0.4 is 5.32 Å². The van der Waals surface area contributed by atoms with E-state index >= 15 is 0 Å². The molecule has 6 nitrogen and oxygen atoms in total. The molecule has 106 valence electrons. The van der Waals surface area contributed by atoms with E-state index in [1.165, 1.54) is 11.6 Å². The summed E-state index contributed by atoms with van der Waals surface area (Å²) in [6.45, 7) is 4.71. The van der Waals surface area contributed by atoms with Crippen LogP contribution in [0.1, 0.15) is 23.2 Å². The van der Waals surface area contributed by atoms with Crippen LogP contribution in [0.25, 0.3) is 0 Å². The summed E-state index contributed by atoms with van der Waals surface area (Å²) in [6.07, 6.45) is 3.72. The molecule has 0 saturated carbocycles. The van der Waals surface area contributed by atoms with Crippen molar-refractivity contribution in [3.8, 4) is 0 Å². The van der Waals surface area contributed by atoms with Gasteiger partial charge in [0, 0.05) is 30.1 Å². The molecule has 2 aromatic rings. The molecular weight excluding hydrogens is 256 g/mol. The summed E-state index contributed by atoms with van der Waals surface area (Å²) in [5, 5.41) is 20.9. The standard InChI is InChI=1S/C14H18N4O2/c1-10-5-6-13(18(19)20)8-14(10)15-7-3-4-12-9-16-17-11(12)2/h5-6,8-9,15H,3-4,7H2,1-2H3,(H,16,17). The smallest absolute Gasteiger partial charge is 0.271 e. The Morgan fingerprint density at radius 2 is 2.20 bits per heavy atom. The molecule has 0 radical (unpaired) electrons. The molecule has 1 aromatic carbocycles. The lowest BCUT2D eigenvalue weighted by molar-refractivity contribution is -0.384. The van der Waals surface area contributed by atoms with Gasteiger partial charge >= 0.3 is 0 Å². The Bertz CT molecular complexity index is 607. The van der Waals surface area contributed by atoms with Gasteiger partial charge in [-0.3, -0.25) is 15.2 Å². The van der Waals surface area contributed by atoms with Crippen LogP contribution in [-0.4, -0.2) is 21.7 Å². The van der Waals surface area contributed by atoms with E-state index in [4.69, 9.17) is 0 Å². The lowest BCUT2D eigenvalue weighted by atomic mass is 10.1. The van der Waals surface area contributed by atoms with E-state index in [-0.39, 0.29) is 10.6 Å². The molecule has 0 aliphatic carbocycles. The van der Waals surface area contributed by atoms with Crippen molar-refractivity contribution >= 4 is 11.4 Å². The first-order valence-electron chi connectivity index (χ1n) is 6.55. The molecule has 0 aliphatic rings. The average molecular weight is 274 g/mol. The first-order chi connectivity index (χ1) is 9.58. The Morgan fingerprint density at radius 1 is 1.40 bits per heavy atom. The fourth-order valence-electron chi connectivity index (χ4n) is 2.04. The summed E-state index contributed by atoms with van der Waals surface area (Å²) < 4.78 is 0. The molecule has 0 aliphatic heterocycles. The number of aryl methyl sites for hydroxylation is 3. The Hall–Kier alpha value is -2.37. The third kappa shape index (κ3) is 3.34. The zero-order valence-electron chi connectivity index (χ0n) is 11.6. The number of non-ortho nitro benzene ring substituents is 1. The van der Waals surface area contributed by atoms with E-state index in [1.807, 2.05) is 20.0 Å². The molecule has 2 rings (SSSR count). The van der Waals surface area contributed by atoms with Crippen LogP contribution in [0.15, 0.2) is 24.4 Å². The van der Waals surface area contributed by atoms with Gasteiger partial charge in [0.25, 0.3) is 5.69 Å². The third-order valence-electron chi connectivity index (χ3n) is 3.30. The van der Waals surface area contributed by atoms with Gasteiger partial charge in [0.15, 0.2) is 0 Å². The molecule has 0 unspecified atom stereocenters. The van der Waals surface area contributed by atoms with Gasteiger partial charge in [0.1, 0.15) is 0 Å². The van der Waals surface area contributed by atoms with Gasteiger partial charge in [-0.05, 0) is 37.8 Å². The quantitative estimate of drug-likeness (QED) is 0.482. The fraction of sp³-hybridized carbons (Fsp3) is 0.357. The Balaban J connectivity index is 1.89. The van der Waals surface area contributed by atoms with Gasteiger partial charge in [-0.2, -0.15) is 5.10 Å². The van der Waals surface area contributed by atoms with Gasteiger partial charge in [-0.15, -0.1) is 0 Å². The molecule has 1 heterocycles. The summed E-state index contributed by atoms with van der Waals surface area (Å²) in [5.74, 6) is 0. The van der Waals surface area contributed by atoms with Crippen molar-refractivity contribution in [3.63, 3.8) is 0 Å². The van der Waals surface area contributed by atoms with Crippen molar-refractivity contribution < 1.29 is 4.92 Å². The van der Waals surface area contributed by atoms with Crippen LogP contribution in [0.3, 0.4) is 0 Å². The van der Waals surface area contributed by atoms with Crippen molar-refractivity contribution in [3.05, 3.63) is 51.3 Å². The van der Waals surface area contributed by atoms with Crippen molar-refractivity contribution in [2.24, 2.45) is 0 Å². The van der Waals surface area contributed by atoms with Crippen molar-refractivity contribution in [1.29, 1.82) is 0 Å². The minimum absolute atomic E-state index is 0.115. The minimum atomic E-state index is -0.376. The number of aromatic nitrogens is 2. The molecular formula is C14H18N4O2. The molecule has 0 fully saturated rings. The highest BCUT2D eigenvalue weighted by Crippen LogP contribution is 2.21. The summed E-state index contributed by atoms with van der Waals surface area (Å²) in [6, 6.07) is 4.87. The van der Waals surface area contributed by atoms with Crippen LogP contribution in [-0.2, 0) is 6.42 Å². The molecule has 1 aromatic heterocycles. The highest BCUT2D eigenvalue weighted by Gasteiger charge is 2.08. The topological polar surface area (TPSA) is 83.8 Å². The van der Waals surface area contributed by atoms with Crippen LogP contribution in [0.5, 0.6) is 0 Å². The summed E-state index contributed by atoms with van der Waals surface area (Å²) in [7, 11) is 0. The number of hydrogen-bond donors (Lipinski definition) is 2. The van der Waals surface area contributed by atoms with Gasteiger partial charge < -0.3 is 5.32 Å². The second-order valence-corrected chi connectivity index (χ2v) is 4.81. The monoisotopic (exact) mass is 274 g/mol. The molecule has 0 atom stereocenters. The number of anilines is 1. The first-order valence-corrected chi connectivity index (χ1v) is 6.55. The lowest BCUT2D eigenvalue weighted by Gasteiger charge is -2.09. The van der Waals surface area contributed by atoms with E-state index in [0.717, 1.165) is 36.3 Å². The SMILES string of the molecule is Cc1ccc([N+](=O)[O-])cc1NCCCc1cn[nH]c1C. The second-order valence-electron chi connectivity index (χ2n) is 4.81. The number of nitro groups is 1. The predicted molar refractivity (Wildman–Crippen MR) is 78.0 cm³/mol. The molecule has 0 bridgehead atoms. The highest BCUT2D eigenvalue weighted by atomic mass is 16.6. The van der Waals surface area contributed by atoms with Crippen LogP contribution in [0.4, 0.5) is 11.4 Å². The van der Waals surface area contributed by atoms with Gasteiger partial charge in [-0.1, -0.05) is 6.07 Å². The first kappa shape index (κ1) is 14.0. The molecule has 20 heavy (non-hydrogen) atoms. The normalized spacial score (nSPS) is 10.5. The number of nitrogens with one attached hydrogen (secondary N) is 2. The number of H-pyrrole nitrogens is 1. The summed E-state index contributed by atoms with van der Waals surface area (Å²) in [4.78, 5) is 10.4. The van der Waals surface area contributed by atoms with E-state index < -0.39 is 0 Å². The number of nitro benzene ring substituents is 1. The number of benzene rings is 1. The molecule has 6 heteroatoms. The van der Waals surface area contributed by atoms with Crippen LogP contribution in [0.2, 0.25) is 0 Å². The Morgan fingerprint density at radius 3 is 2.85 bits per heavy atom. The van der Waals surface area contributed by atoms with Gasteiger partial charge in [0.2, 0.25) is 0 Å². The van der Waals surface area contributed by atoms with E-state index in [9.17, 15) is 10.1 Å². The lowest BCUT2D eigenvalue weighted by Crippen LogP contribution is -2.05. The highest BCUT2D eigenvalue weighted by molar-refractivity contribution is 5.56. The van der Waals surface area contributed by atoms with E-state index in [1.54, 1.807) is 12.1 Å². The zero-order chi connectivity index (χ0) is 14.5. The second kappa shape index (κ2) is 6.18. The summed E-state index contributed by atoms with van der Waals surface area (Å²) >= 11 is 0. The Kier molecular flexibility index (Phi) is 4.34. The third-order valence-corrected chi connectivity index (χ3v) is 3.30. The van der Waals surface area contributed by atoms with Crippen molar-refractivity contribution in [2.45, 2.75) is 26.7 Å². The largest absolute Gasteiger partial charge is 0.385 e. The van der Waals surface area contributed by atoms with Crippen LogP contribution in [0, 0.1) is 24.0 Å². The van der Waals surface area contributed by atoms with Gasteiger partial charge in [0.05, 0.1) is 11.1 Å². The number of rotatable bonds is 6. The fourth-order valence-corrected chi connectivity index (χ4v) is 2.04. The van der Waals surface area contributed by atoms with E-state index in [0.29, 0.717) is 0 Å². The predicted octanol–water partition coefficient (Wildman–Crippen LogP) is 2.98. The number of nitrogens with zero attached hydrogens (tertiary/aromatic N) is 2. The summed E-state index contributed by atoms with van der Waals surface area (Å²) in [5.41, 5.74) is 4.25. The van der Waals surface area contributed by atoms with Crippen molar-refractivity contribution in [2.75, 3.05) is 11.9 Å². The maximum Gasteiger partial charge on any atom is 0.271 e. The zero-order valence-corrected chi connectivity index (χ0v) is 11.6. The molecule has 2 N–H and O–H groups in total. The Labute approximate surface area is 117 Å². The average Bonchev–Trinajstić information content (AvgIpc) is 2.82. The van der Waals surface area contributed by atoms with Crippen molar-refractivity contribution in [1.82, 2.24) is 10.2 Å². The maximum absolute atomic E-state index is 10.8. The number of hydrogen-bond acceptors (Lipinski definition) is 4. The van der Waals surface area contributed by atoms with E-state index in [2.05, 4.69) is 15.5 Å². The van der Waals surface area contributed by atoms with Crippen LogP contribution >= 0.6 is 0 Å². The minimum Gasteiger partial charge on any atom is -0.385 e.